The van der Waals surface area contributed by atoms with Gasteiger partial charge in [-0.1, -0.05) is 12.1 Å². The third kappa shape index (κ3) is 2.94. The number of methoxy groups -OCH3 is 1. The van der Waals surface area contributed by atoms with E-state index in [9.17, 15) is 8.42 Å². The number of hydrogen-bond acceptors (Lipinski definition) is 4. The lowest BCUT2D eigenvalue weighted by Gasteiger charge is -2.11. The molecular formula is C10H14O4S. The van der Waals surface area contributed by atoms with E-state index in [0.29, 0.717) is 0 Å². The van der Waals surface area contributed by atoms with Crippen LogP contribution < -0.4 is 4.74 Å². The molecule has 0 fully saturated rings. The number of ether oxygens (including phenoxy) is 1. The summed E-state index contributed by atoms with van der Waals surface area (Å²) < 4.78 is 33.3. The second-order valence-corrected chi connectivity index (χ2v) is 4.79. The van der Waals surface area contributed by atoms with Crippen LogP contribution in [0.25, 0.3) is 0 Å². The fourth-order valence-electron chi connectivity index (χ4n) is 1.13. The van der Waals surface area contributed by atoms with Crippen molar-refractivity contribution in [1.29, 1.82) is 0 Å². The Bertz CT molecular complexity index is 423. The van der Waals surface area contributed by atoms with Crippen LogP contribution in [0.3, 0.4) is 0 Å². The molecule has 0 N–H and O–H groups in total. The summed E-state index contributed by atoms with van der Waals surface area (Å²) in [5.74, 6) is 0.290. The van der Waals surface area contributed by atoms with Crippen molar-refractivity contribution in [3.05, 3.63) is 24.3 Å². The number of hydrogen-bond donors (Lipinski definition) is 0. The molecule has 15 heavy (non-hydrogen) atoms. The molecule has 0 radical (unpaired) electrons. The van der Waals surface area contributed by atoms with E-state index in [-0.39, 0.29) is 16.7 Å². The molecule has 0 aliphatic carbocycles. The van der Waals surface area contributed by atoms with Gasteiger partial charge in [-0.2, -0.15) is 8.42 Å². The highest BCUT2D eigenvalue weighted by Gasteiger charge is 2.21. The van der Waals surface area contributed by atoms with Gasteiger partial charge in [-0.3, -0.25) is 4.18 Å². The summed E-state index contributed by atoms with van der Waals surface area (Å²) >= 11 is 0. The quantitative estimate of drug-likeness (QED) is 0.740. The lowest BCUT2D eigenvalue weighted by Crippen LogP contribution is -2.13. The smallest absolute Gasteiger partial charge is 0.300 e. The third-order valence-electron chi connectivity index (χ3n) is 1.66. The molecule has 0 aliphatic heterocycles. The van der Waals surface area contributed by atoms with E-state index in [1.165, 1.54) is 13.2 Å². The Morgan fingerprint density at radius 1 is 1.20 bits per heavy atom. The second-order valence-electron chi connectivity index (χ2n) is 3.25. The zero-order valence-corrected chi connectivity index (χ0v) is 9.74. The Balaban J connectivity index is 3.15. The van der Waals surface area contributed by atoms with Crippen molar-refractivity contribution < 1.29 is 17.3 Å². The van der Waals surface area contributed by atoms with Gasteiger partial charge in [0.1, 0.15) is 10.6 Å². The molecule has 0 amide bonds. The van der Waals surface area contributed by atoms with Crippen molar-refractivity contribution in [2.45, 2.75) is 24.8 Å². The van der Waals surface area contributed by atoms with Crippen LogP contribution in [-0.4, -0.2) is 21.6 Å². The van der Waals surface area contributed by atoms with E-state index in [1.54, 1.807) is 32.0 Å². The van der Waals surface area contributed by atoms with Crippen LogP contribution in [0.2, 0.25) is 0 Å². The van der Waals surface area contributed by atoms with E-state index in [0.717, 1.165) is 0 Å². The highest BCUT2D eigenvalue weighted by Crippen LogP contribution is 2.25. The van der Waals surface area contributed by atoms with Gasteiger partial charge in [0.15, 0.2) is 0 Å². The standard InChI is InChI=1S/C10H14O4S/c1-8(2)14-15(11,12)10-7-5-4-6-9(10)13-3/h4-8H,1-3H3. The summed E-state index contributed by atoms with van der Waals surface area (Å²) in [4.78, 5) is 0.0567. The fraction of sp³-hybridized carbons (Fsp3) is 0.400. The van der Waals surface area contributed by atoms with Crippen LogP contribution in [0.15, 0.2) is 29.2 Å². The normalized spacial score (nSPS) is 11.7. The largest absolute Gasteiger partial charge is 0.495 e. The summed E-state index contributed by atoms with van der Waals surface area (Å²) in [6.45, 7) is 3.32. The van der Waals surface area contributed by atoms with Gasteiger partial charge >= 0.3 is 10.1 Å². The first-order chi connectivity index (χ1) is 6.97. The third-order valence-corrected chi connectivity index (χ3v) is 3.17. The van der Waals surface area contributed by atoms with Crippen molar-refractivity contribution in [1.82, 2.24) is 0 Å². The summed E-state index contributed by atoms with van der Waals surface area (Å²) in [6, 6.07) is 6.36. The molecule has 0 heterocycles. The molecule has 0 atom stereocenters. The van der Waals surface area contributed by atoms with Crippen LogP contribution in [-0.2, 0) is 14.3 Å². The molecule has 5 heteroatoms. The number of benzene rings is 1. The summed E-state index contributed by atoms with van der Waals surface area (Å²) in [5.41, 5.74) is 0. The maximum Gasteiger partial charge on any atom is 0.300 e. The molecule has 1 aromatic carbocycles. The Morgan fingerprint density at radius 3 is 2.33 bits per heavy atom. The fourth-order valence-corrected chi connectivity index (χ4v) is 2.38. The number of rotatable bonds is 4. The Labute approximate surface area is 90.0 Å². The van der Waals surface area contributed by atoms with Crippen LogP contribution in [0, 0.1) is 0 Å². The molecule has 0 saturated heterocycles. The van der Waals surface area contributed by atoms with Crippen molar-refractivity contribution in [3.8, 4) is 5.75 Å². The van der Waals surface area contributed by atoms with Gasteiger partial charge in [0.2, 0.25) is 0 Å². The molecule has 0 aliphatic rings. The topological polar surface area (TPSA) is 52.6 Å². The first-order valence-corrected chi connectivity index (χ1v) is 5.94. The first-order valence-electron chi connectivity index (χ1n) is 4.53. The molecule has 1 rings (SSSR count). The molecular weight excluding hydrogens is 216 g/mol. The van der Waals surface area contributed by atoms with Crippen molar-refractivity contribution in [3.63, 3.8) is 0 Å². The van der Waals surface area contributed by atoms with Gasteiger partial charge in [-0.15, -0.1) is 0 Å². The van der Waals surface area contributed by atoms with Crippen LogP contribution in [0.4, 0.5) is 0 Å². The predicted octanol–water partition coefficient (Wildman–Crippen LogP) is 1.81. The van der Waals surface area contributed by atoms with Crippen LogP contribution >= 0.6 is 0 Å². The van der Waals surface area contributed by atoms with Crippen molar-refractivity contribution in [2.75, 3.05) is 7.11 Å². The van der Waals surface area contributed by atoms with E-state index in [1.807, 2.05) is 0 Å². The molecule has 1 aromatic rings. The average Bonchev–Trinajstić information content (AvgIpc) is 2.16. The van der Waals surface area contributed by atoms with Gasteiger partial charge in [-0.25, -0.2) is 0 Å². The monoisotopic (exact) mass is 230 g/mol. The summed E-state index contributed by atoms with van der Waals surface area (Å²) in [5, 5.41) is 0. The zero-order chi connectivity index (χ0) is 11.5. The molecule has 0 unspecified atom stereocenters. The lowest BCUT2D eigenvalue weighted by molar-refractivity contribution is 0.247. The average molecular weight is 230 g/mol. The van der Waals surface area contributed by atoms with Crippen LogP contribution in [0.1, 0.15) is 13.8 Å². The minimum Gasteiger partial charge on any atom is -0.495 e. The van der Waals surface area contributed by atoms with E-state index in [4.69, 9.17) is 8.92 Å². The van der Waals surface area contributed by atoms with Gasteiger partial charge in [0, 0.05) is 0 Å². The van der Waals surface area contributed by atoms with Gasteiger partial charge in [-0.05, 0) is 26.0 Å². The SMILES string of the molecule is COc1ccccc1S(=O)(=O)OC(C)C. The van der Waals surface area contributed by atoms with Gasteiger partial charge in [0.05, 0.1) is 13.2 Å². The Kier molecular flexibility index (Phi) is 3.71. The minimum absolute atomic E-state index is 0.0567. The molecule has 0 aromatic heterocycles. The van der Waals surface area contributed by atoms with Crippen LogP contribution in [0.5, 0.6) is 5.75 Å². The first kappa shape index (κ1) is 12.0. The highest BCUT2D eigenvalue weighted by atomic mass is 32.2. The highest BCUT2D eigenvalue weighted by molar-refractivity contribution is 7.86. The molecule has 84 valence electrons. The van der Waals surface area contributed by atoms with E-state index < -0.39 is 10.1 Å². The van der Waals surface area contributed by atoms with E-state index in [2.05, 4.69) is 0 Å². The lowest BCUT2D eigenvalue weighted by atomic mass is 10.3. The Morgan fingerprint density at radius 2 is 1.80 bits per heavy atom. The second kappa shape index (κ2) is 4.63. The molecule has 4 nitrogen and oxygen atoms in total. The maximum absolute atomic E-state index is 11.7. The molecule has 0 saturated carbocycles. The number of para-hydroxylation sites is 1. The van der Waals surface area contributed by atoms with E-state index >= 15 is 0 Å². The van der Waals surface area contributed by atoms with Gasteiger partial charge in [0.25, 0.3) is 0 Å². The minimum atomic E-state index is -3.73. The predicted molar refractivity (Wildman–Crippen MR) is 56.4 cm³/mol. The van der Waals surface area contributed by atoms with Crippen molar-refractivity contribution in [2.24, 2.45) is 0 Å². The molecule has 0 bridgehead atoms. The summed E-state index contributed by atoms with van der Waals surface area (Å²) in [7, 11) is -2.31. The maximum atomic E-state index is 11.7. The summed E-state index contributed by atoms with van der Waals surface area (Å²) in [6.07, 6.45) is -0.389. The Hall–Kier alpha value is -1.07. The zero-order valence-electron chi connectivity index (χ0n) is 8.93. The van der Waals surface area contributed by atoms with Gasteiger partial charge < -0.3 is 4.74 Å². The van der Waals surface area contributed by atoms with Crippen molar-refractivity contribution >= 4 is 10.1 Å². The molecule has 0 spiro atoms.